The lowest BCUT2D eigenvalue weighted by molar-refractivity contribution is 0.101. The van der Waals surface area contributed by atoms with E-state index < -0.39 is 5.91 Å². The van der Waals surface area contributed by atoms with Crippen molar-refractivity contribution in [2.24, 2.45) is 0 Å². The maximum atomic E-state index is 11.4. The summed E-state index contributed by atoms with van der Waals surface area (Å²) in [6.07, 6.45) is 1.51. The van der Waals surface area contributed by atoms with Crippen molar-refractivity contribution < 1.29 is 4.79 Å². The average molecular weight is 225 g/mol. The van der Waals surface area contributed by atoms with Crippen molar-refractivity contribution in [3.8, 4) is 0 Å². The molecule has 1 amide bonds. The Balaban J connectivity index is 2.17. The molecule has 0 saturated carbocycles. The fourth-order valence-electron chi connectivity index (χ4n) is 0.899. The SMILES string of the molecule is O=C(Nc1ncccc1Cl)c1nn[nH]n1. The molecule has 15 heavy (non-hydrogen) atoms. The van der Waals surface area contributed by atoms with E-state index in [0.717, 1.165) is 0 Å². The van der Waals surface area contributed by atoms with E-state index in [4.69, 9.17) is 11.6 Å². The van der Waals surface area contributed by atoms with Gasteiger partial charge in [0.1, 0.15) is 0 Å². The molecule has 8 heteroatoms. The van der Waals surface area contributed by atoms with Gasteiger partial charge in [-0.25, -0.2) is 4.98 Å². The molecule has 2 aromatic heterocycles. The number of carbonyl (C=O) groups excluding carboxylic acids is 1. The number of anilines is 1. The van der Waals surface area contributed by atoms with E-state index in [1.807, 2.05) is 0 Å². The highest BCUT2D eigenvalue weighted by Crippen LogP contribution is 2.17. The van der Waals surface area contributed by atoms with Gasteiger partial charge in [-0.1, -0.05) is 11.6 Å². The standard InChI is InChI=1S/C7H5ClN6O/c8-4-2-1-3-9-5(4)10-7(15)6-11-13-14-12-6/h1-3H,(H,9,10,15)(H,11,12,13,14). The molecule has 0 aromatic carbocycles. The molecule has 0 aliphatic carbocycles. The fourth-order valence-corrected chi connectivity index (χ4v) is 1.07. The molecular weight excluding hydrogens is 220 g/mol. The van der Waals surface area contributed by atoms with Gasteiger partial charge < -0.3 is 5.32 Å². The minimum atomic E-state index is -0.524. The van der Waals surface area contributed by atoms with Crippen molar-refractivity contribution >= 4 is 23.3 Å². The zero-order chi connectivity index (χ0) is 10.7. The van der Waals surface area contributed by atoms with Crippen LogP contribution >= 0.6 is 11.6 Å². The van der Waals surface area contributed by atoms with Gasteiger partial charge >= 0.3 is 0 Å². The Morgan fingerprint density at radius 1 is 1.53 bits per heavy atom. The number of aromatic amines is 1. The molecule has 0 spiro atoms. The van der Waals surface area contributed by atoms with Crippen LogP contribution in [0.5, 0.6) is 0 Å². The van der Waals surface area contributed by atoms with Gasteiger partial charge in [-0.05, 0) is 17.3 Å². The van der Waals surface area contributed by atoms with Crippen LogP contribution in [0.4, 0.5) is 5.82 Å². The number of halogens is 1. The molecule has 0 saturated heterocycles. The lowest BCUT2D eigenvalue weighted by atomic mass is 10.4. The quantitative estimate of drug-likeness (QED) is 0.774. The number of hydrogen-bond acceptors (Lipinski definition) is 5. The Morgan fingerprint density at radius 3 is 3.07 bits per heavy atom. The second kappa shape index (κ2) is 4.01. The van der Waals surface area contributed by atoms with Crippen LogP contribution in [0.2, 0.25) is 5.02 Å². The molecule has 7 nitrogen and oxygen atoms in total. The summed E-state index contributed by atoms with van der Waals surface area (Å²) >= 11 is 5.79. The van der Waals surface area contributed by atoms with Crippen molar-refractivity contribution in [1.29, 1.82) is 0 Å². The summed E-state index contributed by atoms with van der Waals surface area (Å²) < 4.78 is 0. The Kier molecular flexibility index (Phi) is 2.55. The molecule has 0 atom stereocenters. The highest BCUT2D eigenvalue weighted by molar-refractivity contribution is 6.33. The largest absolute Gasteiger partial charge is 0.302 e. The molecule has 0 aliphatic heterocycles. The summed E-state index contributed by atoms with van der Waals surface area (Å²) in [5.74, 6) is -0.338. The van der Waals surface area contributed by atoms with Gasteiger partial charge in [-0.3, -0.25) is 4.79 Å². The zero-order valence-electron chi connectivity index (χ0n) is 7.31. The molecule has 0 bridgehead atoms. The van der Waals surface area contributed by atoms with E-state index >= 15 is 0 Å². The molecule has 0 radical (unpaired) electrons. The van der Waals surface area contributed by atoms with Gasteiger partial charge in [0.2, 0.25) is 0 Å². The number of hydrogen-bond donors (Lipinski definition) is 2. The molecule has 0 unspecified atom stereocenters. The second-order valence-corrected chi connectivity index (χ2v) is 2.93. The smallest absolute Gasteiger partial charge is 0.298 e. The van der Waals surface area contributed by atoms with Crippen molar-refractivity contribution in [3.05, 3.63) is 29.2 Å². The number of nitrogens with zero attached hydrogens (tertiary/aromatic N) is 4. The molecule has 2 N–H and O–H groups in total. The van der Waals surface area contributed by atoms with Crippen molar-refractivity contribution in [1.82, 2.24) is 25.6 Å². The van der Waals surface area contributed by atoms with Crippen molar-refractivity contribution in [2.75, 3.05) is 5.32 Å². The van der Waals surface area contributed by atoms with E-state index in [2.05, 4.69) is 30.9 Å². The van der Waals surface area contributed by atoms with Crippen LogP contribution in [0.25, 0.3) is 0 Å². The van der Waals surface area contributed by atoms with Gasteiger partial charge in [0.05, 0.1) is 5.02 Å². The number of H-pyrrole nitrogens is 1. The molecule has 0 aliphatic rings. The number of pyridine rings is 1. The summed E-state index contributed by atoms with van der Waals surface area (Å²) in [7, 11) is 0. The average Bonchev–Trinajstić information content (AvgIpc) is 2.74. The van der Waals surface area contributed by atoms with Crippen LogP contribution in [-0.2, 0) is 0 Å². The second-order valence-electron chi connectivity index (χ2n) is 2.52. The van der Waals surface area contributed by atoms with E-state index in [9.17, 15) is 4.79 Å². The minimum absolute atomic E-state index is 0.0725. The normalized spacial score (nSPS) is 9.93. The molecular formula is C7H5ClN6O. The third-order valence-corrected chi connectivity index (χ3v) is 1.84. The first-order chi connectivity index (χ1) is 7.27. The van der Waals surface area contributed by atoms with E-state index in [0.29, 0.717) is 5.02 Å². The van der Waals surface area contributed by atoms with Gasteiger partial charge in [-0.15, -0.1) is 10.2 Å². The first-order valence-electron chi connectivity index (χ1n) is 3.92. The first-order valence-corrected chi connectivity index (χ1v) is 4.30. The number of nitrogens with one attached hydrogen (secondary N) is 2. The van der Waals surface area contributed by atoms with E-state index in [-0.39, 0.29) is 11.6 Å². The predicted octanol–water partition coefficient (Wildman–Crippen LogP) is 0.500. The highest BCUT2D eigenvalue weighted by atomic mass is 35.5. The van der Waals surface area contributed by atoms with Gasteiger partial charge in [0.25, 0.3) is 11.7 Å². The first kappa shape index (κ1) is 9.53. The Hall–Kier alpha value is -2.02. The zero-order valence-corrected chi connectivity index (χ0v) is 8.06. The molecule has 0 fully saturated rings. The number of tetrazole rings is 1. The lowest BCUT2D eigenvalue weighted by Gasteiger charge is -2.01. The molecule has 2 aromatic rings. The predicted molar refractivity (Wildman–Crippen MR) is 51.4 cm³/mol. The third kappa shape index (κ3) is 2.08. The van der Waals surface area contributed by atoms with Gasteiger partial charge in [0.15, 0.2) is 5.82 Å². The third-order valence-electron chi connectivity index (χ3n) is 1.54. The molecule has 76 valence electrons. The summed E-state index contributed by atoms with van der Waals surface area (Å²) in [6, 6.07) is 3.27. The fraction of sp³-hybridized carbons (Fsp3) is 0. The monoisotopic (exact) mass is 224 g/mol. The lowest BCUT2D eigenvalue weighted by Crippen LogP contribution is -2.15. The molecule has 2 heterocycles. The van der Waals surface area contributed by atoms with Gasteiger partial charge in [0, 0.05) is 6.20 Å². The molecule has 2 rings (SSSR count). The van der Waals surface area contributed by atoms with Crippen molar-refractivity contribution in [3.63, 3.8) is 0 Å². The summed E-state index contributed by atoms with van der Waals surface area (Å²) in [6.45, 7) is 0. The summed E-state index contributed by atoms with van der Waals surface area (Å²) in [5.41, 5.74) is 0. The van der Waals surface area contributed by atoms with Crippen LogP contribution < -0.4 is 5.32 Å². The minimum Gasteiger partial charge on any atom is -0.302 e. The van der Waals surface area contributed by atoms with Crippen LogP contribution in [0.15, 0.2) is 18.3 Å². The van der Waals surface area contributed by atoms with Crippen LogP contribution in [0.3, 0.4) is 0 Å². The highest BCUT2D eigenvalue weighted by Gasteiger charge is 2.12. The number of amides is 1. The number of rotatable bonds is 2. The Morgan fingerprint density at radius 2 is 2.40 bits per heavy atom. The van der Waals surface area contributed by atoms with Gasteiger partial charge in [-0.2, -0.15) is 5.21 Å². The van der Waals surface area contributed by atoms with E-state index in [1.165, 1.54) is 6.20 Å². The topological polar surface area (TPSA) is 96.5 Å². The Labute approximate surface area is 88.9 Å². The van der Waals surface area contributed by atoms with Crippen LogP contribution in [0, 0.1) is 0 Å². The summed E-state index contributed by atoms with van der Waals surface area (Å²) in [4.78, 5) is 15.3. The number of aromatic nitrogens is 5. The maximum Gasteiger partial charge on any atom is 0.298 e. The van der Waals surface area contributed by atoms with Crippen molar-refractivity contribution in [2.45, 2.75) is 0 Å². The Bertz CT molecular complexity index is 470. The maximum absolute atomic E-state index is 11.4. The summed E-state index contributed by atoms with van der Waals surface area (Å²) in [5, 5.41) is 15.2. The van der Waals surface area contributed by atoms with E-state index in [1.54, 1.807) is 12.1 Å². The number of carbonyl (C=O) groups is 1. The van der Waals surface area contributed by atoms with Crippen LogP contribution in [0.1, 0.15) is 10.6 Å². The van der Waals surface area contributed by atoms with Crippen LogP contribution in [-0.4, -0.2) is 31.5 Å².